The molecule has 8 heteroatoms. The molecule has 6 aromatic rings. The number of thioether (sulfide) groups is 1. The Morgan fingerprint density at radius 2 is 1.62 bits per heavy atom. The Morgan fingerprint density at radius 1 is 0.900 bits per heavy atom. The zero-order valence-corrected chi connectivity index (χ0v) is 23.6. The first kappa shape index (κ1) is 25.8. The minimum atomic E-state index is -0.158. The highest BCUT2D eigenvalue weighted by Gasteiger charge is 2.20. The molecule has 3 heterocycles. The molecule has 3 aromatic heterocycles. The third-order valence-electron chi connectivity index (χ3n) is 6.91. The number of aromatic amines is 1. The SMILES string of the molecule is Cc1ccccc1-n1c(SCc2nc(-c3ccc(C(C)(C)C)cc3)no2)nc2c(-c3ccccc3)c[nH]c2c1=O. The number of fused-ring (bicyclic) bond motifs is 1. The van der Waals surface area contributed by atoms with Crippen LogP contribution in [0.25, 0.3) is 39.2 Å². The number of benzene rings is 3. The van der Waals surface area contributed by atoms with Gasteiger partial charge in [-0.15, -0.1) is 0 Å². The molecule has 0 saturated heterocycles. The zero-order valence-electron chi connectivity index (χ0n) is 22.8. The first-order chi connectivity index (χ1) is 19.3. The molecule has 200 valence electrons. The molecule has 0 saturated carbocycles. The van der Waals surface area contributed by atoms with Crippen molar-refractivity contribution in [2.75, 3.05) is 0 Å². The summed E-state index contributed by atoms with van der Waals surface area (Å²) in [7, 11) is 0. The molecule has 40 heavy (non-hydrogen) atoms. The molecule has 0 aliphatic heterocycles. The lowest BCUT2D eigenvalue weighted by Gasteiger charge is -2.18. The van der Waals surface area contributed by atoms with Crippen molar-refractivity contribution in [1.29, 1.82) is 0 Å². The number of hydrogen-bond acceptors (Lipinski definition) is 6. The molecular weight excluding hydrogens is 518 g/mol. The van der Waals surface area contributed by atoms with E-state index in [0.29, 0.717) is 33.7 Å². The third kappa shape index (κ3) is 4.86. The van der Waals surface area contributed by atoms with Crippen LogP contribution < -0.4 is 5.56 Å². The van der Waals surface area contributed by atoms with Gasteiger partial charge in [0.15, 0.2) is 5.16 Å². The lowest BCUT2D eigenvalue weighted by Crippen LogP contribution is -2.22. The van der Waals surface area contributed by atoms with E-state index in [1.807, 2.05) is 79.9 Å². The Bertz CT molecular complexity index is 1860. The highest BCUT2D eigenvalue weighted by Crippen LogP contribution is 2.31. The van der Waals surface area contributed by atoms with Gasteiger partial charge < -0.3 is 9.51 Å². The van der Waals surface area contributed by atoms with Gasteiger partial charge in [-0.1, -0.05) is 110 Å². The number of rotatable bonds is 6. The summed E-state index contributed by atoms with van der Waals surface area (Å²) in [5.74, 6) is 1.36. The van der Waals surface area contributed by atoms with Gasteiger partial charge in [-0.25, -0.2) is 4.98 Å². The van der Waals surface area contributed by atoms with Crippen molar-refractivity contribution in [3.63, 3.8) is 0 Å². The summed E-state index contributed by atoms with van der Waals surface area (Å²) in [5.41, 5.74) is 6.77. The number of hydrogen-bond donors (Lipinski definition) is 1. The van der Waals surface area contributed by atoms with Crippen molar-refractivity contribution in [3.8, 4) is 28.2 Å². The summed E-state index contributed by atoms with van der Waals surface area (Å²) in [4.78, 5) is 26.7. The van der Waals surface area contributed by atoms with Crippen molar-refractivity contribution in [2.24, 2.45) is 0 Å². The van der Waals surface area contributed by atoms with E-state index >= 15 is 0 Å². The Hall–Kier alpha value is -4.43. The van der Waals surface area contributed by atoms with Gasteiger partial charge in [-0.05, 0) is 35.1 Å². The van der Waals surface area contributed by atoms with E-state index in [4.69, 9.17) is 9.51 Å². The minimum absolute atomic E-state index is 0.0679. The maximum absolute atomic E-state index is 13.9. The summed E-state index contributed by atoms with van der Waals surface area (Å²) in [5, 5.41) is 4.76. The van der Waals surface area contributed by atoms with Gasteiger partial charge in [0.25, 0.3) is 5.56 Å². The first-order valence-electron chi connectivity index (χ1n) is 13.1. The topological polar surface area (TPSA) is 89.6 Å². The Morgan fingerprint density at radius 3 is 2.35 bits per heavy atom. The average Bonchev–Trinajstić information content (AvgIpc) is 3.60. The van der Waals surface area contributed by atoms with Crippen molar-refractivity contribution in [1.82, 2.24) is 24.7 Å². The van der Waals surface area contributed by atoms with Crippen LogP contribution in [-0.2, 0) is 11.2 Å². The molecule has 0 atom stereocenters. The quantitative estimate of drug-likeness (QED) is 0.173. The first-order valence-corrected chi connectivity index (χ1v) is 14.1. The predicted octanol–water partition coefficient (Wildman–Crippen LogP) is 7.33. The van der Waals surface area contributed by atoms with Gasteiger partial charge in [0.1, 0.15) is 11.0 Å². The van der Waals surface area contributed by atoms with E-state index in [1.165, 1.54) is 17.3 Å². The van der Waals surface area contributed by atoms with Crippen LogP contribution in [0.1, 0.15) is 37.8 Å². The minimum Gasteiger partial charge on any atom is -0.355 e. The van der Waals surface area contributed by atoms with Crippen molar-refractivity contribution in [2.45, 2.75) is 44.0 Å². The number of nitrogens with one attached hydrogen (secondary N) is 1. The van der Waals surface area contributed by atoms with Crippen LogP contribution in [0.3, 0.4) is 0 Å². The van der Waals surface area contributed by atoms with Crippen LogP contribution in [0.5, 0.6) is 0 Å². The number of H-pyrrole nitrogens is 1. The van der Waals surface area contributed by atoms with Crippen LogP contribution in [0.15, 0.2) is 99.5 Å². The molecule has 0 radical (unpaired) electrons. The van der Waals surface area contributed by atoms with Crippen molar-refractivity contribution < 1.29 is 4.52 Å². The Labute approximate surface area is 236 Å². The molecule has 0 unspecified atom stereocenters. The summed E-state index contributed by atoms with van der Waals surface area (Å²) < 4.78 is 7.26. The fourth-order valence-corrected chi connectivity index (χ4v) is 5.51. The molecule has 6 rings (SSSR count). The molecule has 3 aromatic carbocycles. The predicted molar refractivity (Wildman–Crippen MR) is 160 cm³/mol. The average molecular weight is 548 g/mol. The Kier molecular flexibility index (Phi) is 6.64. The van der Waals surface area contributed by atoms with E-state index < -0.39 is 0 Å². The molecule has 0 bridgehead atoms. The lowest BCUT2D eigenvalue weighted by molar-refractivity contribution is 0.391. The maximum atomic E-state index is 13.9. The second-order valence-corrected chi connectivity index (χ2v) is 11.7. The summed E-state index contributed by atoms with van der Waals surface area (Å²) in [6.07, 6.45) is 1.85. The highest BCUT2D eigenvalue weighted by molar-refractivity contribution is 7.98. The summed E-state index contributed by atoms with van der Waals surface area (Å²) in [6.45, 7) is 8.54. The van der Waals surface area contributed by atoms with E-state index in [1.54, 1.807) is 4.57 Å². The number of aromatic nitrogens is 5. The normalized spacial score (nSPS) is 11.8. The van der Waals surface area contributed by atoms with Crippen LogP contribution in [0, 0.1) is 6.92 Å². The molecule has 0 amide bonds. The molecule has 1 N–H and O–H groups in total. The number of nitrogens with zero attached hydrogens (tertiary/aromatic N) is 4. The molecule has 7 nitrogen and oxygen atoms in total. The van der Waals surface area contributed by atoms with Crippen molar-refractivity contribution >= 4 is 22.8 Å². The molecule has 0 aliphatic rings. The number of aryl methyl sites for hydroxylation is 1. The summed E-state index contributed by atoms with van der Waals surface area (Å²) in [6, 6.07) is 26.0. The largest absolute Gasteiger partial charge is 0.355 e. The van der Waals surface area contributed by atoms with Crippen LogP contribution in [0.2, 0.25) is 0 Å². The van der Waals surface area contributed by atoms with Crippen molar-refractivity contribution in [3.05, 3.63) is 112 Å². The monoisotopic (exact) mass is 547 g/mol. The molecule has 0 spiro atoms. The zero-order chi connectivity index (χ0) is 27.9. The highest BCUT2D eigenvalue weighted by atomic mass is 32.2. The smallest absolute Gasteiger partial charge is 0.283 e. The van der Waals surface area contributed by atoms with E-state index in [9.17, 15) is 4.79 Å². The van der Waals surface area contributed by atoms with Gasteiger partial charge in [-0.3, -0.25) is 9.36 Å². The van der Waals surface area contributed by atoms with Gasteiger partial charge in [-0.2, -0.15) is 4.98 Å². The summed E-state index contributed by atoms with van der Waals surface area (Å²) >= 11 is 1.40. The van der Waals surface area contributed by atoms with Gasteiger partial charge in [0, 0.05) is 17.3 Å². The third-order valence-corrected chi connectivity index (χ3v) is 7.83. The fraction of sp³-hybridized carbons (Fsp3) is 0.188. The standard InChI is InChI=1S/C32H29N5O2S/c1-20-10-8-9-13-25(20)37-30(38)28-27(24(18-33-28)21-11-6-5-7-12-21)35-31(37)40-19-26-34-29(36-39-26)22-14-16-23(17-15-22)32(2,3)4/h5-18,33H,19H2,1-4H3. The maximum Gasteiger partial charge on any atom is 0.283 e. The number of para-hydroxylation sites is 1. The Balaban J connectivity index is 1.37. The van der Waals surface area contributed by atoms with Crippen LogP contribution in [-0.4, -0.2) is 24.7 Å². The van der Waals surface area contributed by atoms with Crippen LogP contribution >= 0.6 is 11.8 Å². The molecular formula is C32H29N5O2S. The van der Waals surface area contributed by atoms with Gasteiger partial charge >= 0.3 is 0 Å². The van der Waals surface area contributed by atoms with E-state index in [0.717, 1.165) is 27.9 Å². The van der Waals surface area contributed by atoms with E-state index in [-0.39, 0.29) is 11.0 Å². The second-order valence-electron chi connectivity index (χ2n) is 10.7. The lowest BCUT2D eigenvalue weighted by atomic mass is 9.87. The van der Waals surface area contributed by atoms with Gasteiger partial charge in [0.2, 0.25) is 11.7 Å². The van der Waals surface area contributed by atoms with E-state index in [2.05, 4.69) is 48.0 Å². The van der Waals surface area contributed by atoms with Crippen LogP contribution in [0.4, 0.5) is 0 Å². The van der Waals surface area contributed by atoms with Gasteiger partial charge in [0.05, 0.1) is 11.4 Å². The molecule has 0 fully saturated rings. The molecule has 0 aliphatic carbocycles. The fourth-order valence-electron chi connectivity index (χ4n) is 4.68. The second kappa shape index (κ2) is 10.3.